The summed E-state index contributed by atoms with van der Waals surface area (Å²) in [6.07, 6.45) is 1.72. The van der Waals surface area contributed by atoms with Crippen LogP contribution in [0.2, 0.25) is 5.02 Å². The van der Waals surface area contributed by atoms with Gasteiger partial charge in [-0.2, -0.15) is 0 Å². The summed E-state index contributed by atoms with van der Waals surface area (Å²) in [6, 6.07) is 4.60. The second kappa shape index (κ2) is 5.61. The monoisotopic (exact) mass is 324 g/mol. The molecule has 110 valence electrons. The van der Waals surface area contributed by atoms with Crippen LogP contribution in [-0.4, -0.2) is 21.1 Å². The topological polar surface area (TPSA) is 42.2 Å². The van der Waals surface area contributed by atoms with Crippen LogP contribution in [0.25, 0.3) is 16.2 Å². The minimum absolute atomic E-state index is 0.0934. The molecule has 1 N–H and O–H groups in total. The van der Waals surface area contributed by atoms with Crippen molar-refractivity contribution in [1.29, 1.82) is 0 Å². The third-order valence-electron chi connectivity index (χ3n) is 2.96. The van der Waals surface area contributed by atoms with Crippen molar-refractivity contribution in [2.75, 3.05) is 11.9 Å². The molecule has 0 saturated carbocycles. The smallest absolute Gasteiger partial charge is 0.214 e. The Balaban J connectivity index is 1.97. The van der Waals surface area contributed by atoms with Crippen molar-refractivity contribution in [3.63, 3.8) is 0 Å². The highest BCUT2D eigenvalue weighted by Crippen LogP contribution is 2.28. The summed E-state index contributed by atoms with van der Waals surface area (Å²) in [5.74, 6) is 0.107. The number of fused-ring (bicyclic) bond motifs is 1. The van der Waals surface area contributed by atoms with Crippen LogP contribution in [0.5, 0.6) is 0 Å². The van der Waals surface area contributed by atoms with Crippen LogP contribution in [0, 0.1) is 11.7 Å². The molecule has 0 aliphatic carbocycles. The number of aromatic nitrogens is 3. The fourth-order valence-electron chi connectivity index (χ4n) is 1.91. The average molecular weight is 325 g/mol. The maximum atomic E-state index is 13.3. The van der Waals surface area contributed by atoms with E-state index in [9.17, 15) is 4.39 Å². The summed E-state index contributed by atoms with van der Waals surface area (Å²) < 4.78 is 15.0. The number of benzene rings is 1. The van der Waals surface area contributed by atoms with Gasteiger partial charge in [-0.15, -0.1) is 5.10 Å². The fourth-order valence-corrected chi connectivity index (χ4v) is 2.87. The normalized spacial score (nSPS) is 11.5. The number of halogens is 2. The molecule has 4 nitrogen and oxygen atoms in total. The van der Waals surface area contributed by atoms with Gasteiger partial charge in [0.1, 0.15) is 5.82 Å². The van der Waals surface area contributed by atoms with Crippen LogP contribution in [0.1, 0.15) is 13.8 Å². The summed E-state index contributed by atoms with van der Waals surface area (Å²) in [4.78, 5) is 5.13. The molecule has 2 aromatic heterocycles. The van der Waals surface area contributed by atoms with E-state index in [1.54, 1.807) is 22.8 Å². The summed E-state index contributed by atoms with van der Waals surface area (Å²) in [5.41, 5.74) is 1.58. The molecule has 0 bridgehead atoms. The zero-order valence-electron chi connectivity index (χ0n) is 11.6. The molecule has 0 atom stereocenters. The van der Waals surface area contributed by atoms with Gasteiger partial charge in [-0.25, -0.2) is 13.9 Å². The van der Waals surface area contributed by atoms with Crippen molar-refractivity contribution in [1.82, 2.24) is 14.6 Å². The molecule has 0 radical (unpaired) electrons. The molecular weight excluding hydrogens is 311 g/mol. The Labute approximate surface area is 130 Å². The third-order valence-corrected chi connectivity index (χ3v) is 4.13. The largest absolute Gasteiger partial charge is 0.360 e. The van der Waals surface area contributed by atoms with Gasteiger partial charge in [-0.3, -0.25) is 0 Å². The van der Waals surface area contributed by atoms with Crippen LogP contribution in [0.3, 0.4) is 0 Å². The Hall–Kier alpha value is -1.66. The van der Waals surface area contributed by atoms with Crippen molar-refractivity contribution in [3.05, 3.63) is 35.2 Å². The Morgan fingerprint density at radius 1 is 1.43 bits per heavy atom. The van der Waals surface area contributed by atoms with Crippen LogP contribution in [0.15, 0.2) is 24.4 Å². The van der Waals surface area contributed by atoms with Crippen LogP contribution in [-0.2, 0) is 0 Å². The Kier molecular flexibility index (Phi) is 3.82. The maximum absolute atomic E-state index is 13.3. The molecule has 0 spiro atoms. The SMILES string of the molecule is CC(C)CNc1nn2c(-c3ccc(F)c(Cl)c3)cnc2s1. The highest BCUT2D eigenvalue weighted by Gasteiger charge is 2.13. The van der Waals surface area contributed by atoms with E-state index in [0.717, 1.165) is 27.9 Å². The molecule has 0 fully saturated rings. The first-order valence-corrected chi connectivity index (χ1v) is 7.78. The molecule has 3 rings (SSSR count). The number of hydrogen-bond donors (Lipinski definition) is 1. The van der Waals surface area contributed by atoms with Crippen molar-refractivity contribution >= 4 is 33.0 Å². The Bertz CT molecular complexity index is 780. The van der Waals surface area contributed by atoms with E-state index in [4.69, 9.17) is 11.6 Å². The number of nitrogens with one attached hydrogen (secondary N) is 1. The summed E-state index contributed by atoms with van der Waals surface area (Å²) in [7, 11) is 0. The van der Waals surface area contributed by atoms with Gasteiger partial charge in [0.25, 0.3) is 0 Å². The second-order valence-corrected chi connectivity index (χ2v) is 6.51. The van der Waals surface area contributed by atoms with Gasteiger partial charge in [-0.1, -0.05) is 36.8 Å². The lowest BCUT2D eigenvalue weighted by molar-refractivity contribution is 0.628. The van der Waals surface area contributed by atoms with E-state index in [1.165, 1.54) is 17.4 Å². The second-order valence-electron chi connectivity index (χ2n) is 5.15. The minimum atomic E-state index is -0.432. The molecule has 21 heavy (non-hydrogen) atoms. The van der Waals surface area contributed by atoms with Crippen molar-refractivity contribution in [2.45, 2.75) is 13.8 Å². The number of hydrogen-bond acceptors (Lipinski definition) is 4. The number of rotatable bonds is 4. The number of imidazole rings is 1. The first kappa shape index (κ1) is 14.3. The van der Waals surface area contributed by atoms with Gasteiger partial charge in [0.15, 0.2) is 0 Å². The van der Waals surface area contributed by atoms with Gasteiger partial charge in [0.05, 0.1) is 16.9 Å². The van der Waals surface area contributed by atoms with E-state index >= 15 is 0 Å². The first-order valence-electron chi connectivity index (χ1n) is 6.58. The van der Waals surface area contributed by atoms with Gasteiger partial charge in [-0.05, 0) is 24.1 Å². The summed E-state index contributed by atoms with van der Waals surface area (Å²) in [5, 5.41) is 8.69. The molecule has 7 heteroatoms. The van der Waals surface area contributed by atoms with Gasteiger partial charge in [0.2, 0.25) is 10.1 Å². The molecule has 0 amide bonds. The molecule has 0 aliphatic heterocycles. The lowest BCUT2D eigenvalue weighted by Gasteiger charge is -2.04. The number of nitrogens with zero attached hydrogens (tertiary/aromatic N) is 3. The maximum Gasteiger partial charge on any atom is 0.214 e. The zero-order chi connectivity index (χ0) is 15.0. The third kappa shape index (κ3) is 2.87. The average Bonchev–Trinajstić information content (AvgIpc) is 2.99. The van der Waals surface area contributed by atoms with E-state index < -0.39 is 5.82 Å². The van der Waals surface area contributed by atoms with E-state index in [1.807, 2.05) is 0 Å². The van der Waals surface area contributed by atoms with Gasteiger partial charge in [0, 0.05) is 12.1 Å². The molecule has 1 aromatic carbocycles. The lowest BCUT2D eigenvalue weighted by atomic mass is 10.2. The molecule has 2 heterocycles. The first-order chi connectivity index (χ1) is 10.0. The van der Waals surface area contributed by atoms with Crippen LogP contribution < -0.4 is 5.32 Å². The highest BCUT2D eigenvalue weighted by molar-refractivity contribution is 7.20. The van der Waals surface area contributed by atoms with E-state index in [-0.39, 0.29) is 5.02 Å². The van der Waals surface area contributed by atoms with Crippen molar-refractivity contribution in [3.8, 4) is 11.3 Å². The van der Waals surface area contributed by atoms with Crippen molar-refractivity contribution in [2.24, 2.45) is 5.92 Å². The Morgan fingerprint density at radius 2 is 2.24 bits per heavy atom. The quantitative estimate of drug-likeness (QED) is 0.777. The predicted molar refractivity (Wildman–Crippen MR) is 84.6 cm³/mol. The molecule has 0 saturated heterocycles. The van der Waals surface area contributed by atoms with E-state index in [2.05, 4.69) is 29.2 Å². The molecule has 3 aromatic rings. The zero-order valence-corrected chi connectivity index (χ0v) is 13.2. The predicted octanol–water partition coefficient (Wildman–Crippen LogP) is 4.32. The van der Waals surface area contributed by atoms with E-state index in [0.29, 0.717) is 5.92 Å². The molecule has 0 unspecified atom stereocenters. The summed E-state index contributed by atoms with van der Waals surface area (Å²) in [6.45, 7) is 5.13. The minimum Gasteiger partial charge on any atom is -0.360 e. The standard InChI is InChI=1S/C14H14ClFN4S/c1-8(2)6-17-13-19-20-12(7-18-14(20)21-13)9-3-4-11(16)10(15)5-9/h3-5,7-8H,6H2,1-2H3,(H,17,19). The lowest BCUT2D eigenvalue weighted by Crippen LogP contribution is -2.07. The van der Waals surface area contributed by atoms with Crippen molar-refractivity contribution < 1.29 is 4.39 Å². The summed E-state index contributed by atoms with van der Waals surface area (Å²) >= 11 is 7.32. The van der Waals surface area contributed by atoms with Gasteiger partial charge < -0.3 is 5.32 Å². The van der Waals surface area contributed by atoms with Crippen LogP contribution >= 0.6 is 22.9 Å². The fraction of sp³-hybridized carbons (Fsp3) is 0.286. The van der Waals surface area contributed by atoms with Gasteiger partial charge >= 0.3 is 0 Å². The Morgan fingerprint density at radius 3 is 2.95 bits per heavy atom. The van der Waals surface area contributed by atoms with Crippen LogP contribution in [0.4, 0.5) is 9.52 Å². The number of anilines is 1. The molecule has 0 aliphatic rings. The highest BCUT2D eigenvalue weighted by atomic mass is 35.5. The molecular formula is C14H14ClFN4S.